The molecule has 29 heavy (non-hydrogen) atoms. The summed E-state index contributed by atoms with van der Waals surface area (Å²) in [4.78, 5) is 34.7. The van der Waals surface area contributed by atoms with Gasteiger partial charge in [-0.3, -0.25) is 14.2 Å². The van der Waals surface area contributed by atoms with Gasteiger partial charge in [0.1, 0.15) is 10.7 Å². The fraction of sp³-hybridized carbons (Fsp3) is 0.435. The summed E-state index contributed by atoms with van der Waals surface area (Å²) in [6, 6.07) is 9.78. The monoisotopic (exact) mass is 409 g/mol. The summed E-state index contributed by atoms with van der Waals surface area (Å²) in [6.45, 7) is 5.40. The zero-order valence-electron chi connectivity index (χ0n) is 17.1. The lowest BCUT2D eigenvalue weighted by molar-refractivity contribution is 0.0990. The summed E-state index contributed by atoms with van der Waals surface area (Å²) in [5.74, 6) is 0.830. The van der Waals surface area contributed by atoms with E-state index in [1.165, 1.54) is 11.3 Å². The minimum atomic E-state index is -0.0373. The Kier molecular flexibility index (Phi) is 5.81. The Balaban J connectivity index is 1.80. The summed E-state index contributed by atoms with van der Waals surface area (Å²) in [6.07, 6.45) is 5.97. The second-order valence-electron chi connectivity index (χ2n) is 7.68. The fourth-order valence-corrected chi connectivity index (χ4v) is 5.15. The van der Waals surface area contributed by atoms with Crippen LogP contribution in [0.25, 0.3) is 10.2 Å². The first-order valence-corrected chi connectivity index (χ1v) is 11.3. The second-order valence-corrected chi connectivity index (χ2v) is 8.68. The quantitative estimate of drug-likeness (QED) is 0.600. The molecule has 0 N–H and O–H groups in total. The van der Waals surface area contributed by atoms with Gasteiger partial charge < -0.3 is 4.90 Å². The maximum absolute atomic E-state index is 13.5. The Morgan fingerprint density at radius 3 is 2.76 bits per heavy atom. The number of rotatable bonds is 5. The van der Waals surface area contributed by atoms with Gasteiger partial charge in [-0.05, 0) is 43.9 Å². The highest BCUT2D eigenvalue weighted by Gasteiger charge is 2.25. The number of aromatic nitrogens is 2. The number of thiophene rings is 1. The third-order valence-electron chi connectivity index (χ3n) is 5.65. The van der Waals surface area contributed by atoms with E-state index in [2.05, 4.69) is 6.92 Å². The van der Waals surface area contributed by atoms with Crippen LogP contribution in [0.15, 0.2) is 35.1 Å². The van der Waals surface area contributed by atoms with Gasteiger partial charge in [-0.2, -0.15) is 0 Å². The number of hydrogen-bond acceptors (Lipinski definition) is 4. The van der Waals surface area contributed by atoms with Crippen molar-refractivity contribution in [2.24, 2.45) is 0 Å². The van der Waals surface area contributed by atoms with Crippen LogP contribution in [0.1, 0.15) is 60.1 Å². The van der Waals surface area contributed by atoms with Crippen LogP contribution in [0.5, 0.6) is 0 Å². The normalized spacial score (nSPS) is 13.9. The van der Waals surface area contributed by atoms with Crippen molar-refractivity contribution in [1.29, 1.82) is 0 Å². The van der Waals surface area contributed by atoms with Crippen LogP contribution < -0.4 is 10.5 Å². The molecule has 5 nitrogen and oxygen atoms in total. The van der Waals surface area contributed by atoms with Gasteiger partial charge in [-0.15, -0.1) is 11.3 Å². The van der Waals surface area contributed by atoms with E-state index in [-0.39, 0.29) is 11.5 Å². The van der Waals surface area contributed by atoms with Crippen LogP contribution in [0.4, 0.5) is 5.69 Å². The van der Waals surface area contributed by atoms with Crippen LogP contribution in [-0.4, -0.2) is 22.0 Å². The van der Waals surface area contributed by atoms with Gasteiger partial charge in [-0.25, -0.2) is 4.98 Å². The average molecular weight is 410 g/mol. The lowest BCUT2D eigenvalue weighted by Gasteiger charge is -2.22. The van der Waals surface area contributed by atoms with E-state index >= 15 is 0 Å². The number of fused-ring (bicyclic) bond motifs is 2. The van der Waals surface area contributed by atoms with E-state index in [9.17, 15) is 9.59 Å². The molecule has 1 aromatic carbocycles. The van der Waals surface area contributed by atoms with E-state index in [1.807, 2.05) is 46.7 Å². The molecule has 3 heterocycles. The Morgan fingerprint density at radius 2 is 2.00 bits per heavy atom. The summed E-state index contributed by atoms with van der Waals surface area (Å²) in [5.41, 5.74) is 1.67. The molecule has 0 spiro atoms. The van der Waals surface area contributed by atoms with E-state index in [4.69, 9.17) is 4.98 Å². The number of nitrogens with zero attached hydrogens (tertiary/aromatic N) is 3. The smallest absolute Gasteiger partial charge is 0.268 e. The Bertz CT molecular complexity index is 1080. The Morgan fingerprint density at radius 1 is 1.21 bits per heavy atom. The van der Waals surface area contributed by atoms with Gasteiger partial charge in [0.15, 0.2) is 0 Å². The predicted molar refractivity (Wildman–Crippen MR) is 119 cm³/mol. The number of hydrogen-bond donors (Lipinski definition) is 0. The minimum Gasteiger partial charge on any atom is -0.308 e. The van der Waals surface area contributed by atoms with Crippen molar-refractivity contribution in [3.8, 4) is 0 Å². The summed E-state index contributed by atoms with van der Waals surface area (Å²) < 4.78 is 1.83. The van der Waals surface area contributed by atoms with E-state index < -0.39 is 0 Å². The highest BCUT2D eigenvalue weighted by atomic mass is 32.1. The van der Waals surface area contributed by atoms with Crippen molar-refractivity contribution in [3.63, 3.8) is 0 Å². The molecule has 2 aromatic heterocycles. The molecular weight excluding hydrogens is 382 g/mol. The number of aryl methyl sites for hydroxylation is 2. The first kappa shape index (κ1) is 19.8. The lowest BCUT2D eigenvalue weighted by Crippen LogP contribution is -2.31. The lowest BCUT2D eigenvalue weighted by atomic mass is 10.1. The molecule has 0 radical (unpaired) electrons. The zero-order chi connectivity index (χ0) is 20.4. The first-order chi connectivity index (χ1) is 14.1. The molecule has 0 unspecified atom stereocenters. The summed E-state index contributed by atoms with van der Waals surface area (Å²) in [5, 5.41) is 0.618. The van der Waals surface area contributed by atoms with Crippen LogP contribution >= 0.6 is 11.3 Å². The van der Waals surface area contributed by atoms with Crippen LogP contribution in [0, 0.1) is 6.92 Å². The van der Waals surface area contributed by atoms with Gasteiger partial charge >= 0.3 is 0 Å². The summed E-state index contributed by atoms with van der Waals surface area (Å²) >= 11 is 1.37. The second kappa shape index (κ2) is 8.49. The molecule has 4 rings (SSSR count). The zero-order valence-corrected chi connectivity index (χ0v) is 17.9. The maximum Gasteiger partial charge on any atom is 0.268 e. The molecule has 0 fully saturated rings. The molecule has 3 aromatic rings. The van der Waals surface area contributed by atoms with E-state index in [1.54, 1.807) is 0 Å². The SMILES string of the molecule is CCCCN(C(=O)c1sc2nc3n(c(=O)c2c1C)CCCCC3)c1ccccc1. The number of amides is 1. The Hall–Kier alpha value is -2.47. The predicted octanol–water partition coefficient (Wildman–Crippen LogP) is 4.94. The van der Waals surface area contributed by atoms with Crippen molar-refractivity contribution >= 4 is 33.1 Å². The highest BCUT2D eigenvalue weighted by molar-refractivity contribution is 7.20. The van der Waals surface area contributed by atoms with Gasteiger partial charge in [0, 0.05) is 25.2 Å². The molecular formula is C23H27N3O2S. The van der Waals surface area contributed by atoms with Crippen LogP contribution in [0.3, 0.4) is 0 Å². The van der Waals surface area contributed by atoms with Gasteiger partial charge in [0.25, 0.3) is 11.5 Å². The van der Waals surface area contributed by atoms with Crippen molar-refractivity contribution in [2.75, 3.05) is 11.4 Å². The van der Waals surface area contributed by atoms with Gasteiger partial charge in [-0.1, -0.05) is 38.0 Å². The molecule has 0 aliphatic carbocycles. The van der Waals surface area contributed by atoms with Crippen LogP contribution in [0.2, 0.25) is 0 Å². The van der Waals surface area contributed by atoms with Gasteiger partial charge in [0.05, 0.1) is 10.3 Å². The van der Waals surface area contributed by atoms with Crippen LogP contribution in [-0.2, 0) is 13.0 Å². The number of carbonyl (C=O) groups is 1. The molecule has 6 heteroatoms. The van der Waals surface area contributed by atoms with E-state index in [0.29, 0.717) is 21.6 Å². The third-order valence-corrected chi connectivity index (χ3v) is 6.83. The molecule has 0 bridgehead atoms. The summed E-state index contributed by atoms with van der Waals surface area (Å²) in [7, 11) is 0. The van der Waals surface area contributed by atoms with Gasteiger partial charge in [0.2, 0.25) is 0 Å². The number of para-hydroxylation sites is 1. The van der Waals surface area contributed by atoms with Crippen molar-refractivity contribution in [3.05, 3.63) is 57.0 Å². The largest absolute Gasteiger partial charge is 0.308 e. The first-order valence-electron chi connectivity index (χ1n) is 10.5. The molecule has 1 aliphatic heterocycles. The van der Waals surface area contributed by atoms with E-state index in [0.717, 1.165) is 62.1 Å². The molecule has 152 valence electrons. The third kappa shape index (κ3) is 3.73. The fourth-order valence-electron chi connectivity index (χ4n) is 4.01. The number of benzene rings is 1. The molecule has 0 saturated heterocycles. The minimum absolute atomic E-state index is 0.0134. The average Bonchev–Trinajstić information content (AvgIpc) is 2.90. The Labute approximate surface area is 175 Å². The highest BCUT2D eigenvalue weighted by Crippen LogP contribution is 2.31. The van der Waals surface area contributed by atoms with Crippen molar-refractivity contribution in [1.82, 2.24) is 9.55 Å². The molecule has 0 atom stereocenters. The molecule has 0 saturated carbocycles. The molecule has 1 amide bonds. The standard InChI is InChI=1S/C23H27N3O2S/c1-3-4-14-25(17-11-7-5-8-12-17)23(28)20-16(2)19-21(29-20)24-18-13-9-6-10-15-26(18)22(19)27/h5,7-8,11-12H,3-4,6,9-10,13-15H2,1-2H3. The van der Waals surface area contributed by atoms with Crippen molar-refractivity contribution in [2.45, 2.75) is 58.9 Å². The van der Waals surface area contributed by atoms with Crippen molar-refractivity contribution < 1.29 is 4.79 Å². The topological polar surface area (TPSA) is 55.2 Å². The number of anilines is 1. The number of unbranched alkanes of at least 4 members (excludes halogenated alkanes) is 1. The molecule has 1 aliphatic rings. The maximum atomic E-state index is 13.5. The number of carbonyl (C=O) groups excluding carboxylic acids is 1.